The molecule has 2 aromatic rings. The summed E-state index contributed by atoms with van der Waals surface area (Å²) < 4.78 is 0. The number of rotatable bonds is 0. The van der Waals surface area contributed by atoms with E-state index >= 15 is 0 Å². The van der Waals surface area contributed by atoms with E-state index in [1.165, 1.54) is 0 Å². The highest BCUT2D eigenvalue weighted by Gasteiger charge is 2.46. The van der Waals surface area contributed by atoms with E-state index in [9.17, 15) is 9.59 Å². The van der Waals surface area contributed by atoms with Gasteiger partial charge in [0.25, 0.3) is 0 Å². The van der Waals surface area contributed by atoms with Gasteiger partial charge in [0.05, 0.1) is 12.1 Å². The Labute approximate surface area is 166 Å². The number of hydrogen-bond donors (Lipinski definition) is 2. The lowest BCUT2D eigenvalue weighted by atomic mass is 9.87. The monoisotopic (exact) mass is 402 g/mol. The summed E-state index contributed by atoms with van der Waals surface area (Å²) >= 11 is 12.5. The molecule has 0 bridgehead atoms. The number of carbonyl (C=O) groups excluding carboxylic acids is 2. The van der Waals surface area contributed by atoms with Gasteiger partial charge in [-0.2, -0.15) is 0 Å². The van der Waals surface area contributed by atoms with Gasteiger partial charge in [0.1, 0.15) is 0 Å². The molecule has 0 saturated carbocycles. The van der Waals surface area contributed by atoms with Crippen molar-refractivity contribution in [2.45, 2.75) is 18.5 Å². The van der Waals surface area contributed by atoms with Gasteiger partial charge in [-0.15, -0.1) is 0 Å². The summed E-state index contributed by atoms with van der Waals surface area (Å²) in [5, 5.41) is 7.06. The normalized spacial score (nSPS) is 23.3. The standard InChI is InChI=1S/C19H16Cl2N4O2/c20-10-2-4-14-12(8-10)16-17-13-9-11(21)3-5-15(13)23-19(27)25(17)7-1-6-24(16)18(26)22-14/h2-5,8-9,16-17H,1,6-7H2,(H,22,26)(H,23,27)/t16-,17+. The van der Waals surface area contributed by atoms with Crippen LogP contribution >= 0.6 is 23.2 Å². The minimum absolute atomic E-state index is 0.161. The Hall–Kier alpha value is -2.44. The molecule has 2 aromatic carbocycles. The smallest absolute Gasteiger partial charge is 0.315 e. The number of fused-ring (bicyclic) bond motifs is 7. The maximum atomic E-state index is 12.8. The Kier molecular flexibility index (Phi) is 3.74. The van der Waals surface area contributed by atoms with Gasteiger partial charge in [-0.1, -0.05) is 23.2 Å². The number of urea groups is 2. The minimum Gasteiger partial charge on any atom is -0.315 e. The Morgan fingerprint density at radius 2 is 1.22 bits per heavy atom. The van der Waals surface area contributed by atoms with E-state index in [2.05, 4.69) is 10.6 Å². The summed E-state index contributed by atoms with van der Waals surface area (Å²) in [7, 11) is 0. The summed E-state index contributed by atoms with van der Waals surface area (Å²) in [6, 6.07) is 9.87. The fourth-order valence-electron chi connectivity index (χ4n) is 4.32. The molecular formula is C19H16Cl2N4O2. The number of anilines is 2. The molecule has 0 unspecified atom stereocenters. The van der Waals surface area contributed by atoms with Crippen LogP contribution in [0.25, 0.3) is 0 Å². The Bertz CT molecular complexity index is 903. The Morgan fingerprint density at radius 1 is 0.778 bits per heavy atom. The zero-order chi connectivity index (χ0) is 18.7. The van der Waals surface area contributed by atoms with Crippen LogP contribution in [0.1, 0.15) is 29.6 Å². The SMILES string of the molecule is O=C1Nc2ccc(Cl)cc2[C@@H]2[C@@H]3c4cc(Cl)ccc4NC(=O)N3CCCN12. The van der Waals surface area contributed by atoms with Crippen LogP contribution in [0.2, 0.25) is 10.0 Å². The van der Waals surface area contributed by atoms with Crippen molar-refractivity contribution in [3.8, 4) is 0 Å². The lowest BCUT2D eigenvalue weighted by Gasteiger charge is -2.45. The van der Waals surface area contributed by atoms with Crippen molar-refractivity contribution in [3.63, 3.8) is 0 Å². The number of benzene rings is 2. The molecule has 0 spiro atoms. The molecule has 0 aliphatic carbocycles. The van der Waals surface area contributed by atoms with E-state index in [4.69, 9.17) is 23.2 Å². The quantitative estimate of drug-likeness (QED) is 0.659. The van der Waals surface area contributed by atoms with Crippen LogP contribution in [0.15, 0.2) is 36.4 Å². The first-order valence-corrected chi connectivity index (χ1v) is 9.52. The van der Waals surface area contributed by atoms with E-state index in [-0.39, 0.29) is 24.1 Å². The molecule has 0 aromatic heterocycles. The highest BCUT2D eigenvalue weighted by Crippen LogP contribution is 2.49. The molecule has 1 fully saturated rings. The third-order valence-electron chi connectivity index (χ3n) is 5.44. The number of halogens is 2. The zero-order valence-electron chi connectivity index (χ0n) is 14.2. The van der Waals surface area contributed by atoms with Crippen molar-refractivity contribution in [2.24, 2.45) is 0 Å². The molecule has 5 rings (SSSR count). The summed E-state index contributed by atoms with van der Waals surface area (Å²) in [5.74, 6) is 0. The fraction of sp³-hybridized carbons (Fsp3) is 0.263. The molecule has 1 saturated heterocycles. The summed E-state index contributed by atoms with van der Waals surface area (Å²) in [4.78, 5) is 29.2. The van der Waals surface area contributed by atoms with Gasteiger partial charge in [0.2, 0.25) is 0 Å². The largest absolute Gasteiger partial charge is 0.322 e. The van der Waals surface area contributed by atoms with E-state index < -0.39 is 0 Å². The van der Waals surface area contributed by atoms with Crippen molar-refractivity contribution in [1.29, 1.82) is 0 Å². The zero-order valence-corrected chi connectivity index (χ0v) is 15.7. The molecular weight excluding hydrogens is 387 g/mol. The predicted octanol–water partition coefficient (Wildman–Crippen LogP) is 4.87. The summed E-state index contributed by atoms with van der Waals surface area (Å²) in [6.07, 6.45) is 0.694. The second-order valence-corrected chi connectivity index (χ2v) is 7.83. The van der Waals surface area contributed by atoms with Crippen molar-refractivity contribution in [3.05, 3.63) is 57.6 Å². The van der Waals surface area contributed by atoms with Crippen molar-refractivity contribution < 1.29 is 9.59 Å². The molecule has 2 N–H and O–H groups in total. The highest BCUT2D eigenvalue weighted by atomic mass is 35.5. The Morgan fingerprint density at radius 3 is 1.67 bits per heavy atom. The van der Waals surface area contributed by atoms with Crippen LogP contribution in [-0.4, -0.2) is 35.0 Å². The maximum Gasteiger partial charge on any atom is 0.322 e. The average Bonchev–Trinajstić information content (AvgIpc) is 2.84. The topological polar surface area (TPSA) is 64.7 Å². The number of carbonyl (C=O) groups is 2. The highest BCUT2D eigenvalue weighted by molar-refractivity contribution is 6.31. The second-order valence-electron chi connectivity index (χ2n) is 6.95. The number of amides is 4. The van der Waals surface area contributed by atoms with Crippen LogP contribution in [0.4, 0.5) is 21.0 Å². The molecule has 138 valence electrons. The second kappa shape index (κ2) is 6.04. The number of hydrogen-bond acceptors (Lipinski definition) is 2. The van der Waals surface area contributed by atoms with Gasteiger partial charge in [0, 0.05) is 45.6 Å². The van der Waals surface area contributed by atoms with Crippen LogP contribution in [0.5, 0.6) is 0 Å². The van der Waals surface area contributed by atoms with E-state index in [1.807, 2.05) is 24.3 Å². The maximum absolute atomic E-state index is 12.8. The van der Waals surface area contributed by atoms with Gasteiger partial charge in [-0.3, -0.25) is 0 Å². The van der Waals surface area contributed by atoms with Gasteiger partial charge in [-0.05, 0) is 42.8 Å². The summed E-state index contributed by atoms with van der Waals surface area (Å²) in [6.45, 7) is 1.11. The lowest BCUT2D eigenvalue weighted by Crippen LogP contribution is -2.49. The first kappa shape index (κ1) is 16.7. The van der Waals surface area contributed by atoms with Gasteiger partial charge in [0.15, 0.2) is 0 Å². The van der Waals surface area contributed by atoms with Crippen LogP contribution < -0.4 is 10.6 Å². The van der Waals surface area contributed by atoms with Crippen LogP contribution in [0, 0.1) is 0 Å². The van der Waals surface area contributed by atoms with Crippen molar-refractivity contribution >= 4 is 46.6 Å². The average molecular weight is 403 g/mol. The molecule has 0 radical (unpaired) electrons. The first-order valence-electron chi connectivity index (χ1n) is 8.77. The van der Waals surface area contributed by atoms with Gasteiger partial charge in [-0.25, -0.2) is 9.59 Å². The molecule has 4 amide bonds. The van der Waals surface area contributed by atoms with E-state index in [0.29, 0.717) is 29.6 Å². The molecule has 2 atom stereocenters. The Balaban J connectivity index is 1.76. The van der Waals surface area contributed by atoms with Crippen LogP contribution in [-0.2, 0) is 0 Å². The predicted molar refractivity (Wildman–Crippen MR) is 104 cm³/mol. The van der Waals surface area contributed by atoms with Gasteiger partial charge < -0.3 is 20.4 Å². The lowest BCUT2D eigenvalue weighted by molar-refractivity contribution is 0.136. The van der Waals surface area contributed by atoms with Crippen molar-refractivity contribution in [1.82, 2.24) is 9.80 Å². The van der Waals surface area contributed by atoms with Crippen molar-refractivity contribution in [2.75, 3.05) is 23.7 Å². The van der Waals surface area contributed by atoms with E-state index in [1.54, 1.807) is 21.9 Å². The van der Waals surface area contributed by atoms with E-state index in [0.717, 1.165) is 22.5 Å². The fourth-order valence-corrected chi connectivity index (χ4v) is 4.68. The van der Waals surface area contributed by atoms with Crippen LogP contribution in [0.3, 0.4) is 0 Å². The third-order valence-corrected chi connectivity index (χ3v) is 5.91. The molecule has 8 heteroatoms. The molecule has 3 aliphatic heterocycles. The molecule has 27 heavy (non-hydrogen) atoms. The van der Waals surface area contributed by atoms with Gasteiger partial charge >= 0.3 is 12.1 Å². The first-order chi connectivity index (χ1) is 13.0. The third kappa shape index (κ3) is 2.55. The number of nitrogens with zero attached hydrogens (tertiary/aromatic N) is 2. The number of nitrogens with one attached hydrogen (secondary N) is 2. The summed E-state index contributed by atoms with van der Waals surface area (Å²) in [5.41, 5.74) is 3.25. The molecule has 6 nitrogen and oxygen atoms in total. The molecule has 3 aliphatic rings. The molecule has 3 heterocycles. The minimum atomic E-state index is -0.335.